The Hall–Kier alpha value is -1.60. The molecular formula is C15H24N2O4S. The maximum absolute atomic E-state index is 12.1. The van der Waals surface area contributed by atoms with Crippen molar-refractivity contribution in [2.45, 2.75) is 25.9 Å². The maximum Gasteiger partial charge on any atom is 0.264 e. The van der Waals surface area contributed by atoms with Crippen LogP contribution in [0, 0.1) is 0 Å². The number of carbonyl (C=O) groups excluding carboxylic acids is 1. The largest absolute Gasteiger partial charge is 0.379 e. The van der Waals surface area contributed by atoms with Gasteiger partial charge in [0.1, 0.15) is 0 Å². The molecule has 6 nitrogen and oxygen atoms in total. The van der Waals surface area contributed by atoms with Crippen LogP contribution in [0.5, 0.6) is 0 Å². The number of amides is 1. The number of carbonyl (C=O) groups is 1. The molecule has 0 spiro atoms. The van der Waals surface area contributed by atoms with Crippen LogP contribution in [0.15, 0.2) is 24.3 Å². The fourth-order valence-electron chi connectivity index (χ4n) is 1.66. The van der Waals surface area contributed by atoms with Crippen LogP contribution in [-0.4, -0.2) is 46.9 Å². The normalized spacial score (nSPS) is 12.0. The number of anilines is 1. The number of rotatable bonds is 7. The van der Waals surface area contributed by atoms with E-state index in [9.17, 15) is 13.2 Å². The highest BCUT2D eigenvalue weighted by Gasteiger charge is 2.23. The van der Waals surface area contributed by atoms with E-state index in [4.69, 9.17) is 4.74 Å². The van der Waals surface area contributed by atoms with Gasteiger partial charge in [0.25, 0.3) is 5.91 Å². The Kier molecular flexibility index (Phi) is 5.96. The summed E-state index contributed by atoms with van der Waals surface area (Å²) in [5.41, 5.74) is 0.578. The van der Waals surface area contributed by atoms with E-state index in [1.807, 2.05) is 25.1 Å². The Morgan fingerprint density at radius 3 is 2.50 bits per heavy atom. The van der Waals surface area contributed by atoms with Crippen LogP contribution >= 0.6 is 0 Å². The van der Waals surface area contributed by atoms with Gasteiger partial charge in [0.05, 0.1) is 11.4 Å². The predicted molar refractivity (Wildman–Crippen MR) is 87.7 cm³/mol. The average Bonchev–Trinajstić information content (AvgIpc) is 2.45. The third kappa shape index (κ3) is 5.65. The summed E-state index contributed by atoms with van der Waals surface area (Å²) >= 11 is 0. The fraction of sp³-hybridized carbons (Fsp3) is 0.533. The molecule has 1 N–H and O–H groups in total. The third-order valence-corrected chi connectivity index (χ3v) is 4.64. The molecule has 0 fully saturated rings. The van der Waals surface area contributed by atoms with Crippen molar-refractivity contribution < 1.29 is 17.9 Å². The molecule has 0 radical (unpaired) electrons. The minimum atomic E-state index is -3.70. The van der Waals surface area contributed by atoms with Gasteiger partial charge in [0.2, 0.25) is 10.0 Å². The first-order valence-electron chi connectivity index (χ1n) is 6.94. The number of ether oxygens (including phenoxy) is 1. The molecule has 0 bridgehead atoms. The molecule has 1 amide bonds. The molecule has 1 rings (SSSR count). The summed E-state index contributed by atoms with van der Waals surface area (Å²) in [4.78, 5) is 13.9. The lowest BCUT2D eigenvalue weighted by Gasteiger charge is -2.22. The van der Waals surface area contributed by atoms with Crippen molar-refractivity contribution in [3.63, 3.8) is 0 Å². The molecule has 0 aromatic heterocycles. The lowest BCUT2D eigenvalue weighted by atomic mass is 10.1. The highest BCUT2D eigenvalue weighted by atomic mass is 32.2. The number of methoxy groups -OCH3 is 1. The molecule has 1 aromatic rings. The van der Waals surface area contributed by atoms with E-state index in [1.165, 1.54) is 7.11 Å². The number of nitrogens with zero attached hydrogens (tertiary/aromatic N) is 1. The van der Waals surface area contributed by atoms with E-state index in [-0.39, 0.29) is 5.75 Å². The summed E-state index contributed by atoms with van der Waals surface area (Å²) in [5.74, 6) is -0.800. The van der Waals surface area contributed by atoms with Gasteiger partial charge in [0.15, 0.2) is 0 Å². The number of benzene rings is 1. The fourth-order valence-corrected chi connectivity index (χ4v) is 2.92. The Morgan fingerprint density at radius 1 is 1.32 bits per heavy atom. The van der Waals surface area contributed by atoms with Gasteiger partial charge in [-0.1, -0.05) is 6.07 Å². The first-order valence-corrected chi connectivity index (χ1v) is 8.59. The Morgan fingerprint density at radius 2 is 1.95 bits per heavy atom. The molecule has 0 aliphatic heterocycles. The Balaban J connectivity index is 2.77. The van der Waals surface area contributed by atoms with Gasteiger partial charge in [-0.25, -0.2) is 13.1 Å². The highest BCUT2D eigenvalue weighted by Crippen LogP contribution is 2.15. The van der Waals surface area contributed by atoms with Crippen LogP contribution in [0.2, 0.25) is 0 Å². The summed E-state index contributed by atoms with van der Waals surface area (Å²) in [5, 5.41) is 0. The number of sulfonamides is 1. The zero-order chi connectivity index (χ0) is 17.0. The van der Waals surface area contributed by atoms with Crippen molar-refractivity contribution in [2.75, 3.05) is 31.9 Å². The lowest BCUT2D eigenvalue weighted by Crippen LogP contribution is -2.35. The molecule has 0 saturated carbocycles. The van der Waals surface area contributed by atoms with Crippen molar-refractivity contribution in [3.05, 3.63) is 29.8 Å². The van der Waals surface area contributed by atoms with Crippen molar-refractivity contribution >= 4 is 21.6 Å². The quantitative estimate of drug-likeness (QED) is 0.823. The molecule has 0 aliphatic carbocycles. The molecule has 0 saturated heterocycles. The van der Waals surface area contributed by atoms with Gasteiger partial charge in [-0.05, 0) is 38.5 Å². The van der Waals surface area contributed by atoms with Crippen molar-refractivity contribution in [3.8, 4) is 0 Å². The Bertz CT molecular complexity index is 624. The first-order chi connectivity index (χ1) is 10.1. The minimum Gasteiger partial charge on any atom is -0.379 e. The van der Waals surface area contributed by atoms with Crippen LogP contribution < -0.4 is 9.62 Å². The smallest absolute Gasteiger partial charge is 0.264 e. The number of hydrogen-bond acceptors (Lipinski definition) is 5. The van der Waals surface area contributed by atoms with Gasteiger partial charge in [-0.2, -0.15) is 0 Å². The third-order valence-electron chi connectivity index (χ3n) is 3.40. The van der Waals surface area contributed by atoms with Crippen molar-refractivity contribution in [1.82, 2.24) is 4.72 Å². The second kappa shape index (κ2) is 7.11. The molecule has 1 aromatic carbocycles. The maximum atomic E-state index is 12.1. The lowest BCUT2D eigenvalue weighted by molar-refractivity contribution is 0.0202. The van der Waals surface area contributed by atoms with E-state index in [0.717, 1.165) is 5.69 Å². The molecular weight excluding hydrogens is 304 g/mol. The summed E-state index contributed by atoms with van der Waals surface area (Å²) in [6.45, 7) is 3.59. The molecule has 0 aliphatic rings. The molecule has 0 unspecified atom stereocenters. The zero-order valence-corrected chi connectivity index (χ0v) is 14.5. The van der Waals surface area contributed by atoms with Crippen LogP contribution in [0.25, 0.3) is 0 Å². The number of hydrogen-bond donors (Lipinski definition) is 1. The first kappa shape index (κ1) is 18.4. The second-order valence-corrected chi connectivity index (χ2v) is 7.75. The predicted octanol–water partition coefficient (Wildman–Crippen LogP) is 1.63. The Labute approximate surface area is 132 Å². The molecule has 7 heteroatoms. The highest BCUT2D eigenvalue weighted by molar-refractivity contribution is 7.90. The van der Waals surface area contributed by atoms with Crippen LogP contribution in [0.4, 0.5) is 5.69 Å². The van der Waals surface area contributed by atoms with Crippen molar-refractivity contribution in [2.24, 2.45) is 0 Å². The van der Waals surface area contributed by atoms with Crippen molar-refractivity contribution in [1.29, 1.82) is 0 Å². The summed E-state index contributed by atoms with van der Waals surface area (Å²) < 4.78 is 31.3. The van der Waals surface area contributed by atoms with Gasteiger partial charge in [-0.15, -0.1) is 0 Å². The zero-order valence-electron chi connectivity index (χ0n) is 13.7. The molecule has 0 heterocycles. The summed E-state index contributed by atoms with van der Waals surface area (Å²) in [7, 11) is 1.52. The van der Waals surface area contributed by atoms with Gasteiger partial charge < -0.3 is 9.64 Å². The molecule has 0 atom stereocenters. The average molecular weight is 328 g/mol. The van der Waals surface area contributed by atoms with Crippen LogP contribution in [0.3, 0.4) is 0 Å². The van der Waals surface area contributed by atoms with Crippen LogP contribution in [0.1, 0.15) is 30.6 Å². The second-order valence-electron chi connectivity index (χ2n) is 5.91. The monoisotopic (exact) mass is 328 g/mol. The number of nitrogens with one attached hydrogen (secondary N) is 1. The van der Waals surface area contributed by atoms with Crippen LogP contribution in [-0.2, 0) is 14.8 Å². The van der Waals surface area contributed by atoms with E-state index >= 15 is 0 Å². The molecule has 22 heavy (non-hydrogen) atoms. The topological polar surface area (TPSA) is 75.7 Å². The van der Waals surface area contributed by atoms with E-state index in [1.54, 1.807) is 32.0 Å². The minimum absolute atomic E-state index is 0.174. The molecule has 124 valence electrons. The SMILES string of the molecule is COC(C)(C)CCS(=O)(=O)NC(=O)c1cccc(N(C)C)c1. The van der Waals surface area contributed by atoms with E-state index in [0.29, 0.717) is 12.0 Å². The van der Waals surface area contributed by atoms with E-state index < -0.39 is 21.5 Å². The van der Waals surface area contributed by atoms with E-state index in [2.05, 4.69) is 4.72 Å². The van der Waals surface area contributed by atoms with Gasteiger partial charge >= 0.3 is 0 Å². The summed E-state index contributed by atoms with van der Waals surface area (Å²) in [6, 6.07) is 6.78. The standard InChI is InChI=1S/C15H24N2O4S/c1-15(2,21-5)9-10-22(19,20)16-14(18)12-7-6-8-13(11-12)17(3)4/h6-8,11H,9-10H2,1-5H3,(H,16,18). The van der Waals surface area contributed by atoms with Gasteiger partial charge in [-0.3, -0.25) is 4.79 Å². The van der Waals surface area contributed by atoms with Gasteiger partial charge in [0, 0.05) is 32.5 Å². The summed E-state index contributed by atoms with van der Waals surface area (Å²) in [6.07, 6.45) is 0.295.